The predicted octanol–water partition coefficient (Wildman–Crippen LogP) is 2.32. The first kappa shape index (κ1) is 15.6. The Morgan fingerprint density at radius 1 is 1.43 bits per heavy atom. The molecule has 1 heterocycles. The fourth-order valence-electron chi connectivity index (χ4n) is 2.74. The first-order chi connectivity index (χ1) is 10.2. The van der Waals surface area contributed by atoms with Gasteiger partial charge in [0.25, 0.3) is 0 Å². The maximum atomic E-state index is 12.0. The molecule has 1 aromatic carbocycles. The van der Waals surface area contributed by atoms with E-state index in [0.29, 0.717) is 18.9 Å². The lowest BCUT2D eigenvalue weighted by molar-refractivity contribution is -0.151. The fourth-order valence-corrected chi connectivity index (χ4v) is 2.74. The molecule has 21 heavy (non-hydrogen) atoms. The third-order valence-electron chi connectivity index (χ3n) is 3.80. The average Bonchev–Trinajstić information content (AvgIpc) is 2.50. The molecule has 2 rings (SSSR count). The van der Waals surface area contributed by atoms with Crippen molar-refractivity contribution in [3.05, 3.63) is 23.8 Å². The molecule has 5 nitrogen and oxygen atoms in total. The molecule has 1 aromatic rings. The highest BCUT2D eigenvalue weighted by Crippen LogP contribution is 2.28. The molecule has 1 aliphatic rings. The van der Waals surface area contributed by atoms with Crippen LogP contribution in [0.1, 0.15) is 31.7 Å². The second-order valence-corrected chi connectivity index (χ2v) is 5.24. The molecule has 1 atom stereocenters. The van der Waals surface area contributed by atoms with Gasteiger partial charge >= 0.3 is 5.97 Å². The highest BCUT2D eigenvalue weighted by atomic mass is 16.5. The predicted molar refractivity (Wildman–Crippen MR) is 79.3 cm³/mol. The number of piperidine rings is 1. The normalized spacial score (nSPS) is 19.2. The van der Waals surface area contributed by atoms with Gasteiger partial charge in [0, 0.05) is 6.54 Å². The third kappa shape index (κ3) is 3.88. The number of carbonyl (C=O) groups excluding carboxylic acids is 1. The van der Waals surface area contributed by atoms with Gasteiger partial charge in [-0.15, -0.1) is 0 Å². The zero-order chi connectivity index (χ0) is 15.2. The minimum Gasteiger partial charge on any atom is -0.504 e. The molecule has 1 saturated heterocycles. The number of aromatic hydroxyl groups is 1. The quantitative estimate of drug-likeness (QED) is 0.844. The van der Waals surface area contributed by atoms with E-state index in [-0.39, 0.29) is 17.8 Å². The van der Waals surface area contributed by atoms with Crippen molar-refractivity contribution in [2.75, 3.05) is 20.3 Å². The van der Waals surface area contributed by atoms with E-state index in [0.717, 1.165) is 31.4 Å². The average molecular weight is 293 g/mol. The number of nitrogens with zero attached hydrogens (tertiary/aromatic N) is 1. The summed E-state index contributed by atoms with van der Waals surface area (Å²) in [7, 11) is 1.53. The number of phenols is 1. The fraction of sp³-hybridized carbons (Fsp3) is 0.562. The van der Waals surface area contributed by atoms with Crippen LogP contribution in [0.15, 0.2) is 18.2 Å². The number of hydrogen-bond donors (Lipinski definition) is 1. The SMILES string of the molecule is CCOC(=O)[C@H]1CCCCN1Cc1ccc(O)c(OC)c1. The van der Waals surface area contributed by atoms with E-state index in [1.807, 2.05) is 19.1 Å². The summed E-state index contributed by atoms with van der Waals surface area (Å²) in [5, 5.41) is 9.64. The molecular formula is C16H23NO4. The van der Waals surface area contributed by atoms with E-state index in [1.54, 1.807) is 6.07 Å². The number of phenolic OH excluding ortho intramolecular Hbond substituents is 1. The first-order valence-electron chi connectivity index (χ1n) is 7.42. The molecule has 1 fully saturated rings. The summed E-state index contributed by atoms with van der Waals surface area (Å²) < 4.78 is 10.3. The maximum Gasteiger partial charge on any atom is 0.323 e. The minimum atomic E-state index is -0.168. The van der Waals surface area contributed by atoms with Crippen LogP contribution in [0.5, 0.6) is 11.5 Å². The van der Waals surface area contributed by atoms with Crippen LogP contribution < -0.4 is 4.74 Å². The Hall–Kier alpha value is -1.75. The summed E-state index contributed by atoms with van der Waals surface area (Å²) in [5.74, 6) is 0.446. The number of esters is 1. The highest BCUT2D eigenvalue weighted by Gasteiger charge is 2.29. The Morgan fingerprint density at radius 3 is 2.95 bits per heavy atom. The summed E-state index contributed by atoms with van der Waals surface area (Å²) in [6, 6.07) is 5.12. The molecule has 0 unspecified atom stereocenters. The zero-order valence-electron chi connectivity index (χ0n) is 12.7. The summed E-state index contributed by atoms with van der Waals surface area (Å²) in [4.78, 5) is 14.2. The molecule has 0 aromatic heterocycles. The van der Waals surface area contributed by atoms with Crippen molar-refractivity contribution in [3.63, 3.8) is 0 Å². The van der Waals surface area contributed by atoms with E-state index in [4.69, 9.17) is 9.47 Å². The topological polar surface area (TPSA) is 59.0 Å². The van der Waals surface area contributed by atoms with Gasteiger partial charge in [-0.2, -0.15) is 0 Å². The van der Waals surface area contributed by atoms with Gasteiger partial charge in [-0.25, -0.2) is 0 Å². The number of likely N-dealkylation sites (tertiary alicyclic amines) is 1. The molecule has 0 saturated carbocycles. The summed E-state index contributed by atoms with van der Waals surface area (Å²) in [6.45, 7) is 3.78. The standard InChI is InChI=1S/C16H23NO4/c1-3-21-16(19)13-6-4-5-9-17(13)11-12-7-8-14(18)15(10-12)20-2/h7-8,10,13,18H,3-6,9,11H2,1-2H3/t13-/m1/s1. The van der Waals surface area contributed by atoms with Gasteiger partial charge in [-0.3, -0.25) is 9.69 Å². The number of ether oxygens (including phenoxy) is 2. The largest absolute Gasteiger partial charge is 0.504 e. The number of methoxy groups -OCH3 is 1. The van der Waals surface area contributed by atoms with Crippen LogP contribution >= 0.6 is 0 Å². The Kier molecular flexibility index (Phi) is 5.44. The Bertz CT molecular complexity index is 489. The summed E-state index contributed by atoms with van der Waals surface area (Å²) in [5.41, 5.74) is 1.01. The second kappa shape index (κ2) is 7.31. The van der Waals surface area contributed by atoms with Gasteiger partial charge in [0.2, 0.25) is 0 Å². The van der Waals surface area contributed by atoms with Gasteiger partial charge < -0.3 is 14.6 Å². The Balaban J connectivity index is 2.10. The lowest BCUT2D eigenvalue weighted by atomic mass is 10.0. The van der Waals surface area contributed by atoms with Gasteiger partial charge in [-0.1, -0.05) is 12.5 Å². The molecule has 0 radical (unpaired) electrons. The minimum absolute atomic E-state index is 0.127. The van der Waals surface area contributed by atoms with Crippen molar-refractivity contribution in [1.82, 2.24) is 4.90 Å². The number of carbonyl (C=O) groups is 1. The van der Waals surface area contributed by atoms with Crippen LogP contribution in [0, 0.1) is 0 Å². The number of rotatable bonds is 5. The molecule has 0 amide bonds. The van der Waals surface area contributed by atoms with Gasteiger partial charge in [0.05, 0.1) is 13.7 Å². The molecule has 1 aliphatic heterocycles. The van der Waals surface area contributed by atoms with E-state index in [9.17, 15) is 9.90 Å². The molecule has 0 spiro atoms. The highest BCUT2D eigenvalue weighted by molar-refractivity contribution is 5.75. The van der Waals surface area contributed by atoms with E-state index in [2.05, 4.69) is 4.90 Å². The lowest BCUT2D eigenvalue weighted by Crippen LogP contribution is -2.44. The number of benzene rings is 1. The van der Waals surface area contributed by atoms with Crippen molar-refractivity contribution >= 4 is 5.97 Å². The molecule has 1 N–H and O–H groups in total. The second-order valence-electron chi connectivity index (χ2n) is 5.24. The van der Waals surface area contributed by atoms with Crippen LogP contribution in [0.3, 0.4) is 0 Å². The van der Waals surface area contributed by atoms with E-state index >= 15 is 0 Å². The molecule has 116 valence electrons. The maximum absolute atomic E-state index is 12.0. The van der Waals surface area contributed by atoms with E-state index in [1.165, 1.54) is 7.11 Å². The van der Waals surface area contributed by atoms with Gasteiger partial charge in [-0.05, 0) is 44.0 Å². The van der Waals surface area contributed by atoms with Crippen molar-refractivity contribution < 1.29 is 19.4 Å². The monoisotopic (exact) mass is 293 g/mol. The van der Waals surface area contributed by atoms with E-state index < -0.39 is 0 Å². The van der Waals surface area contributed by atoms with Crippen LogP contribution in [-0.4, -0.2) is 42.3 Å². The van der Waals surface area contributed by atoms with Crippen molar-refractivity contribution in [1.29, 1.82) is 0 Å². The summed E-state index contributed by atoms with van der Waals surface area (Å²) >= 11 is 0. The van der Waals surface area contributed by atoms with Crippen LogP contribution in [0.25, 0.3) is 0 Å². The molecule has 5 heteroatoms. The van der Waals surface area contributed by atoms with Crippen molar-refractivity contribution in [2.45, 2.75) is 38.8 Å². The lowest BCUT2D eigenvalue weighted by Gasteiger charge is -2.34. The first-order valence-corrected chi connectivity index (χ1v) is 7.42. The van der Waals surface area contributed by atoms with Gasteiger partial charge in [0.1, 0.15) is 6.04 Å². The third-order valence-corrected chi connectivity index (χ3v) is 3.80. The van der Waals surface area contributed by atoms with Crippen molar-refractivity contribution in [2.24, 2.45) is 0 Å². The smallest absolute Gasteiger partial charge is 0.323 e. The van der Waals surface area contributed by atoms with Crippen molar-refractivity contribution in [3.8, 4) is 11.5 Å². The molecule has 0 bridgehead atoms. The molecule has 0 aliphatic carbocycles. The van der Waals surface area contributed by atoms with Crippen LogP contribution in [-0.2, 0) is 16.1 Å². The summed E-state index contributed by atoms with van der Waals surface area (Å²) in [6.07, 6.45) is 2.98. The van der Waals surface area contributed by atoms with Crippen LogP contribution in [0.4, 0.5) is 0 Å². The number of hydrogen-bond acceptors (Lipinski definition) is 5. The Morgan fingerprint density at radius 2 is 2.24 bits per heavy atom. The zero-order valence-corrected chi connectivity index (χ0v) is 12.7. The Labute approximate surface area is 125 Å². The van der Waals surface area contributed by atoms with Gasteiger partial charge in [0.15, 0.2) is 11.5 Å². The molecular weight excluding hydrogens is 270 g/mol. The van der Waals surface area contributed by atoms with Crippen LogP contribution in [0.2, 0.25) is 0 Å².